The fraction of sp³-hybridized carbons (Fsp3) is 0.556. The first-order valence-electron chi connectivity index (χ1n) is 4.16. The minimum Gasteiger partial charge on any atom is -0.467 e. The van der Waals surface area contributed by atoms with Crippen molar-refractivity contribution in [3.8, 4) is 0 Å². The molecule has 74 valence electrons. The molecule has 0 saturated heterocycles. The lowest BCUT2D eigenvalue weighted by Gasteiger charge is -2.12. The third kappa shape index (κ3) is 4.30. The molecule has 0 fully saturated rings. The molecule has 0 aliphatic rings. The summed E-state index contributed by atoms with van der Waals surface area (Å²) < 4.78 is 4.50. The van der Waals surface area contributed by atoms with E-state index in [1.807, 2.05) is 0 Å². The van der Waals surface area contributed by atoms with Crippen molar-refractivity contribution in [1.82, 2.24) is 5.32 Å². The average Bonchev–Trinajstić information content (AvgIpc) is 2.13. The Hall–Kier alpha value is -1.32. The number of allylic oxidation sites excluding steroid dienone is 1. The molecular weight excluding hydrogens is 170 g/mol. The van der Waals surface area contributed by atoms with Gasteiger partial charge in [-0.2, -0.15) is 0 Å². The molecule has 4 nitrogen and oxygen atoms in total. The van der Waals surface area contributed by atoms with Crippen LogP contribution >= 0.6 is 0 Å². The predicted octanol–water partition coefficient (Wildman–Crippen LogP) is 0.630. The molecule has 0 aromatic rings. The first-order valence-corrected chi connectivity index (χ1v) is 4.16. The Morgan fingerprint density at radius 2 is 2.15 bits per heavy atom. The largest absolute Gasteiger partial charge is 0.467 e. The van der Waals surface area contributed by atoms with E-state index >= 15 is 0 Å². The van der Waals surface area contributed by atoms with E-state index in [1.165, 1.54) is 13.2 Å². The Kier molecular flexibility index (Phi) is 5.59. The molecular formula is C9H15NO3. The van der Waals surface area contributed by atoms with Crippen LogP contribution in [0, 0.1) is 0 Å². The Morgan fingerprint density at radius 3 is 2.54 bits per heavy atom. The number of rotatable bonds is 4. The van der Waals surface area contributed by atoms with Gasteiger partial charge in [0.05, 0.1) is 7.11 Å². The second-order valence-electron chi connectivity index (χ2n) is 2.49. The standard InChI is InChI=1S/C9H15NO3/c1-4-6-8(11)10-7(5-2)9(12)13-3/h4,6-7H,5H2,1-3H3,(H,10,11)/b6-4-. The summed E-state index contributed by atoms with van der Waals surface area (Å²) in [6.07, 6.45) is 3.50. The van der Waals surface area contributed by atoms with Gasteiger partial charge in [0, 0.05) is 0 Å². The molecule has 0 aliphatic carbocycles. The van der Waals surface area contributed by atoms with Crippen molar-refractivity contribution < 1.29 is 14.3 Å². The van der Waals surface area contributed by atoms with Gasteiger partial charge in [0.1, 0.15) is 6.04 Å². The van der Waals surface area contributed by atoms with Crippen LogP contribution in [0.1, 0.15) is 20.3 Å². The zero-order valence-electron chi connectivity index (χ0n) is 8.16. The average molecular weight is 185 g/mol. The lowest BCUT2D eigenvalue weighted by atomic mass is 10.2. The van der Waals surface area contributed by atoms with Crippen LogP contribution in [0.25, 0.3) is 0 Å². The maximum Gasteiger partial charge on any atom is 0.328 e. The smallest absolute Gasteiger partial charge is 0.328 e. The summed E-state index contributed by atoms with van der Waals surface area (Å²) in [5.74, 6) is -0.694. The first-order chi connectivity index (χ1) is 6.15. The molecule has 4 heteroatoms. The number of ether oxygens (including phenoxy) is 1. The van der Waals surface area contributed by atoms with Crippen LogP contribution in [0.5, 0.6) is 0 Å². The number of hydrogen-bond donors (Lipinski definition) is 1. The quantitative estimate of drug-likeness (QED) is 0.516. The topological polar surface area (TPSA) is 55.4 Å². The molecule has 1 atom stereocenters. The van der Waals surface area contributed by atoms with E-state index in [0.717, 1.165) is 0 Å². The number of hydrogen-bond acceptors (Lipinski definition) is 3. The van der Waals surface area contributed by atoms with Gasteiger partial charge in [-0.05, 0) is 19.4 Å². The van der Waals surface area contributed by atoms with Crippen molar-refractivity contribution in [2.45, 2.75) is 26.3 Å². The summed E-state index contributed by atoms with van der Waals surface area (Å²) in [5, 5.41) is 2.52. The maximum absolute atomic E-state index is 11.0. The second kappa shape index (κ2) is 6.22. The predicted molar refractivity (Wildman–Crippen MR) is 49.1 cm³/mol. The van der Waals surface area contributed by atoms with Crippen molar-refractivity contribution in [3.63, 3.8) is 0 Å². The van der Waals surface area contributed by atoms with E-state index in [-0.39, 0.29) is 5.91 Å². The molecule has 13 heavy (non-hydrogen) atoms. The molecule has 0 radical (unpaired) electrons. The highest BCUT2D eigenvalue weighted by atomic mass is 16.5. The number of nitrogens with one attached hydrogen (secondary N) is 1. The van der Waals surface area contributed by atoms with Crippen LogP contribution in [0.3, 0.4) is 0 Å². The van der Waals surface area contributed by atoms with Gasteiger partial charge in [-0.25, -0.2) is 4.79 Å². The summed E-state index contributed by atoms with van der Waals surface area (Å²) >= 11 is 0. The van der Waals surface area contributed by atoms with Crippen molar-refractivity contribution in [2.75, 3.05) is 7.11 Å². The van der Waals surface area contributed by atoms with Crippen molar-refractivity contribution in [2.24, 2.45) is 0 Å². The van der Waals surface area contributed by atoms with Gasteiger partial charge in [0.15, 0.2) is 0 Å². The third-order valence-electron chi connectivity index (χ3n) is 1.53. The molecule has 1 amide bonds. The molecule has 0 heterocycles. The van der Waals surface area contributed by atoms with Crippen molar-refractivity contribution in [1.29, 1.82) is 0 Å². The van der Waals surface area contributed by atoms with Gasteiger partial charge in [0.25, 0.3) is 0 Å². The van der Waals surface area contributed by atoms with Crippen molar-refractivity contribution in [3.05, 3.63) is 12.2 Å². The number of methoxy groups -OCH3 is 1. The minimum absolute atomic E-state index is 0.278. The molecule has 1 N–H and O–H groups in total. The molecule has 0 aliphatic heterocycles. The molecule has 0 aromatic carbocycles. The highest BCUT2D eigenvalue weighted by molar-refractivity contribution is 5.91. The fourth-order valence-corrected chi connectivity index (χ4v) is 0.841. The Bertz CT molecular complexity index is 211. The number of carbonyl (C=O) groups excluding carboxylic acids is 2. The second-order valence-corrected chi connectivity index (χ2v) is 2.49. The van der Waals surface area contributed by atoms with E-state index in [0.29, 0.717) is 6.42 Å². The lowest BCUT2D eigenvalue weighted by Crippen LogP contribution is -2.40. The number of carbonyl (C=O) groups is 2. The summed E-state index contributed by atoms with van der Waals surface area (Å²) in [6, 6.07) is -0.548. The molecule has 0 bridgehead atoms. The highest BCUT2D eigenvalue weighted by Gasteiger charge is 2.17. The van der Waals surface area contributed by atoms with Crippen LogP contribution in [0.4, 0.5) is 0 Å². The minimum atomic E-state index is -0.548. The third-order valence-corrected chi connectivity index (χ3v) is 1.53. The monoisotopic (exact) mass is 185 g/mol. The fourth-order valence-electron chi connectivity index (χ4n) is 0.841. The van der Waals surface area contributed by atoms with Gasteiger partial charge >= 0.3 is 5.97 Å². The van der Waals surface area contributed by atoms with E-state index in [2.05, 4.69) is 10.1 Å². The van der Waals surface area contributed by atoms with Crippen LogP contribution in [-0.2, 0) is 14.3 Å². The Balaban J connectivity index is 4.12. The van der Waals surface area contributed by atoms with Gasteiger partial charge < -0.3 is 10.1 Å². The summed E-state index contributed by atoms with van der Waals surface area (Å²) in [6.45, 7) is 3.54. The molecule has 0 saturated carbocycles. The van der Waals surface area contributed by atoms with E-state index in [1.54, 1.807) is 19.9 Å². The maximum atomic E-state index is 11.0. The normalized spacial score (nSPS) is 12.5. The lowest BCUT2D eigenvalue weighted by molar-refractivity contribution is -0.144. The Labute approximate surface area is 78.0 Å². The van der Waals surface area contributed by atoms with Crippen LogP contribution < -0.4 is 5.32 Å². The molecule has 0 aromatic heterocycles. The summed E-state index contributed by atoms with van der Waals surface area (Å²) in [7, 11) is 1.30. The van der Waals surface area contributed by atoms with Crippen LogP contribution in [0.2, 0.25) is 0 Å². The molecule has 1 unspecified atom stereocenters. The molecule has 0 rings (SSSR count). The zero-order valence-corrected chi connectivity index (χ0v) is 8.16. The Morgan fingerprint density at radius 1 is 1.54 bits per heavy atom. The van der Waals surface area contributed by atoms with E-state index < -0.39 is 12.0 Å². The highest BCUT2D eigenvalue weighted by Crippen LogP contribution is 1.93. The van der Waals surface area contributed by atoms with Crippen LogP contribution in [-0.4, -0.2) is 25.0 Å². The zero-order chi connectivity index (χ0) is 10.3. The molecule has 0 spiro atoms. The summed E-state index contributed by atoms with van der Waals surface area (Å²) in [5.41, 5.74) is 0. The van der Waals surface area contributed by atoms with E-state index in [9.17, 15) is 9.59 Å². The van der Waals surface area contributed by atoms with Gasteiger partial charge in [-0.3, -0.25) is 4.79 Å². The SMILES string of the molecule is C/C=C\C(=O)NC(CC)C(=O)OC. The van der Waals surface area contributed by atoms with Gasteiger partial charge in [-0.1, -0.05) is 13.0 Å². The van der Waals surface area contributed by atoms with Crippen molar-refractivity contribution >= 4 is 11.9 Å². The summed E-state index contributed by atoms with van der Waals surface area (Å²) in [4.78, 5) is 22.0. The van der Waals surface area contributed by atoms with Gasteiger partial charge in [-0.15, -0.1) is 0 Å². The van der Waals surface area contributed by atoms with Gasteiger partial charge in [0.2, 0.25) is 5.91 Å². The first kappa shape index (κ1) is 11.7. The number of esters is 1. The van der Waals surface area contributed by atoms with E-state index in [4.69, 9.17) is 0 Å². The van der Waals surface area contributed by atoms with Crippen LogP contribution in [0.15, 0.2) is 12.2 Å². The number of amides is 1.